The van der Waals surface area contributed by atoms with E-state index in [9.17, 15) is 0 Å². The number of likely N-dealkylation sites (tertiary alicyclic amines) is 1. The van der Waals surface area contributed by atoms with Gasteiger partial charge in [-0.2, -0.15) is 0 Å². The highest BCUT2D eigenvalue weighted by atomic mass is 32.1. The summed E-state index contributed by atoms with van der Waals surface area (Å²) in [4.78, 5) is 2.44. The molecule has 0 saturated carbocycles. The summed E-state index contributed by atoms with van der Waals surface area (Å²) >= 11 is 1.84. The zero-order valence-electron chi connectivity index (χ0n) is 14.0. The van der Waals surface area contributed by atoms with Gasteiger partial charge in [-0.15, -0.1) is 0 Å². The van der Waals surface area contributed by atoms with E-state index in [1.54, 1.807) is 7.11 Å². The summed E-state index contributed by atoms with van der Waals surface area (Å²) in [5.41, 5.74) is 4.20. The van der Waals surface area contributed by atoms with E-state index in [-0.39, 0.29) is 0 Å². The van der Waals surface area contributed by atoms with E-state index in [0.717, 1.165) is 12.3 Å². The molecule has 0 unspecified atom stereocenters. The Morgan fingerprint density at radius 1 is 1.12 bits per heavy atom. The van der Waals surface area contributed by atoms with Crippen LogP contribution < -0.4 is 4.74 Å². The molecule has 3 heterocycles. The molecule has 4 heteroatoms. The predicted molar refractivity (Wildman–Crippen MR) is 102 cm³/mol. The maximum atomic E-state index is 5.48. The Balaban J connectivity index is 1.91. The smallest absolute Gasteiger partial charge is 0.121 e. The summed E-state index contributed by atoms with van der Waals surface area (Å²) in [6.45, 7) is 2.33. The molecule has 4 aromatic rings. The van der Waals surface area contributed by atoms with Crippen LogP contribution in [0.2, 0.25) is 0 Å². The highest BCUT2D eigenvalue weighted by Gasteiger charge is 2.28. The van der Waals surface area contributed by atoms with Crippen molar-refractivity contribution >= 4 is 38.0 Å². The van der Waals surface area contributed by atoms with Crippen molar-refractivity contribution in [2.75, 3.05) is 27.2 Å². The zero-order valence-corrected chi connectivity index (χ0v) is 14.8. The highest BCUT2D eigenvalue weighted by Crippen LogP contribution is 2.43. The van der Waals surface area contributed by atoms with Crippen molar-refractivity contribution < 1.29 is 4.74 Å². The number of hydrogen-bond acceptors (Lipinski definition) is 3. The summed E-state index contributed by atoms with van der Waals surface area (Å²) in [5, 5.41) is 2.76. The quantitative estimate of drug-likeness (QED) is 0.526. The van der Waals surface area contributed by atoms with Crippen LogP contribution in [0.4, 0.5) is 0 Å². The van der Waals surface area contributed by atoms with Crippen LogP contribution in [0.25, 0.3) is 26.5 Å². The maximum absolute atomic E-state index is 5.48. The second-order valence-corrected chi connectivity index (χ2v) is 7.76. The molecule has 122 valence electrons. The van der Waals surface area contributed by atoms with Gasteiger partial charge in [0, 0.05) is 29.3 Å². The Bertz CT molecular complexity index is 1060. The van der Waals surface area contributed by atoms with Crippen molar-refractivity contribution in [3.05, 3.63) is 48.0 Å². The summed E-state index contributed by atoms with van der Waals surface area (Å²) in [6, 6.07) is 15.3. The second-order valence-electron chi connectivity index (χ2n) is 6.78. The molecule has 0 N–H and O–H groups in total. The molecule has 1 aliphatic heterocycles. The fraction of sp³-hybridized carbons (Fsp3) is 0.300. The molecule has 0 spiro atoms. The lowest BCUT2D eigenvalue weighted by Gasteiger charge is -2.11. The summed E-state index contributed by atoms with van der Waals surface area (Å²) in [6.07, 6.45) is 1.24. The van der Waals surface area contributed by atoms with Crippen molar-refractivity contribution in [2.24, 2.45) is 0 Å². The van der Waals surface area contributed by atoms with Gasteiger partial charge in [0.2, 0.25) is 0 Å². The fourth-order valence-electron chi connectivity index (χ4n) is 4.17. The van der Waals surface area contributed by atoms with Gasteiger partial charge < -0.3 is 9.64 Å². The van der Waals surface area contributed by atoms with Gasteiger partial charge in [-0.25, -0.2) is 0 Å². The van der Waals surface area contributed by atoms with Crippen LogP contribution in [-0.4, -0.2) is 35.9 Å². The summed E-state index contributed by atoms with van der Waals surface area (Å²) in [5.74, 6) is 1.53. The average molecular weight is 336 g/mol. The Labute approximate surface area is 145 Å². The Kier molecular flexibility index (Phi) is 3.12. The fourth-order valence-corrected chi connectivity index (χ4v) is 5.30. The molecule has 0 radical (unpaired) electrons. The number of rotatable bonds is 2. The first-order valence-electron chi connectivity index (χ1n) is 8.45. The topological polar surface area (TPSA) is 16.9 Å². The third-order valence-corrected chi connectivity index (χ3v) is 6.42. The Hall–Kier alpha value is -2.04. The molecule has 0 amide bonds. The standard InChI is InChI=1S/C20H20N2OS/c1-21-10-9-13(12-21)19-15-8-7-14(23-2)11-17(15)22-20(19)16-5-3-4-6-18(16)24-22/h3-8,11,13H,9-10,12H2,1-2H3/t13-/m0/s1. The third kappa shape index (κ3) is 1.93. The van der Waals surface area contributed by atoms with Crippen molar-refractivity contribution in [1.82, 2.24) is 8.69 Å². The predicted octanol–water partition coefficient (Wildman–Crippen LogP) is 4.73. The van der Waals surface area contributed by atoms with Crippen LogP contribution >= 0.6 is 11.5 Å². The number of nitrogens with zero attached hydrogens (tertiary/aromatic N) is 2. The number of hydrogen-bond donors (Lipinski definition) is 0. The van der Waals surface area contributed by atoms with E-state index in [1.165, 1.54) is 45.0 Å². The molecule has 24 heavy (non-hydrogen) atoms. The van der Waals surface area contributed by atoms with Gasteiger partial charge in [0.1, 0.15) is 5.75 Å². The molecule has 5 rings (SSSR count). The number of methoxy groups -OCH3 is 1. The van der Waals surface area contributed by atoms with Gasteiger partial charge in [-0.1, -0.05) is 29.7 Å². The van der Waals surface area contributed by atoms with Gasteiger partial charge in [0.25, 0.3) is 0 Å². The van der Waals surface area contributed by atoms with E-state index in [1.807, 2.05) is 11.5 Å². The first-order chi connectivity index (χ1) is 11.8. The maximum Gasteiger partial charge on any atom is 0.121 e. The summed E-state index contributed by atoms with van der Waals surface area (Å²) in [7, 11) is 3.97. The van der Waals surface area contributed by atoms with Gasteiger partial charge >= 0.3 is 0 Å². The number of likely N-dealkylation sites (N-methyl/N-ethyl adjacent to an activating group) is 1. The molecule has 1 aliphatic rings. The van der Waals surface area contributed by atoms with Crippen molar-refractivity contribution in [3.63, 3.8) is 0 Å². The van der Waals surface area contributed by atoms with Gasteiger partial charge in [-0.3, -0.25) is 3.79 Å². The van der Waals surface area contributed by atoms with Gasteiger partial charge in [-0.05, 0) is 43.8 Å². The largest absolute Gasteiger partial charge is 0.497 e. The van der Waals surface area contributed by atoms with Crippen LogP contribution in [0.1, 0.15) is 17.9 Å². The van der Waals surface area contributed by atoms with Crippen LogP contribution in [0.3, 0.4) is 0 Å². The monoisotopic (exact) mass is 336 g/mol. The van der Waals surface area contributed by atoms with E-state index in [4.69, 9.17) is 4.74 Å². The molecule has 1 fully saturated rings. The molecule has 0 aliphatic carbocycles. The molecule has 0 bridgehead atoms. The number of benzene rings is 2. The second kappa shape index (κ2) is 5.23. The first kappa shape index (κ1) is 14.3. The molecule has 2 aromatic heterocycles. The Morgan fingerprint density at radius 2 is 2.00 bits per heavy atom. The van der Waals surface area contributed by atoms with Crippen molar-refractivity contribution in [1.29, 1.82) is 0 Å². The van der Waals surface area contributed by atoms with E-state index in [2.05, 4.69) is 58.2 Å². The van der Waals surface area contributed by atoms with Crippen molar-refractivity contribution in [3.8, 4) is 5.75 Å². The van der Waals surface area contributed by atoms with E-state index in [0.29, 0.717) is 5.92 Å². The number of aromatic nitrogens is 1. The minimum absolute atomic E-state index is 0.605. The molecule has 3 nitrogen and oxygen atoms in total. The summed E-state index contributed by atoms with van der Waals surface area (Å²) < 4.78 is 9.24. The van der Waals surface area contributed by atoms with E-state index >= 15 is 0 Å². The van der Waals surface area contributed by atoms with Gasteiger partial charge in [0.05, 0.1) is 22.8 Å². The van der Waals surface area contributed by atoms with Crippen LogP contribution in [0.5, 0.6) is 5.75 Å². The average Bonchev–Trinajstić information content (AvgIpc) is 3.27. The lowest BCUT2D eigenvalue weighted by molar-refractivity contribution is 0.412. The first-order valence-corrected chi connectivity index (χ1v) is 9.22. The number of fused-ring (bicyclic) bond motifs is 5. The minimum atomic E-state index is 0.605. The SMILES string of the molecule is COc1ccc2c([C@H]3CCN(C)C3)c3c4ccccc4sn3c2c1. The Morgan fingerprint density at radius 3 is 2.79 bits per heavy atom. The van der Waals surface area contributed by atoms with Crippen LogP contribution in [0, 0.1) is 0 Å². The molecule has 1 saturated heterocycles. The lowest BCUT2D eigenvalue weighted by atomic mass is 9.95. The molecule has 1 atom stereocenters. The molecular formula is C20H20N2OS. The minimum Gasteiger partial charge on any atom is -0.497 e. The lowest BCUT2D eigenvalue weighted by Crippen LogP contribution is -2.13. The van der Waals surface area contributed by atoms with Gasteiger partial charge in [0.15, 0.2) is 0 Å². The molecule has 2 aromatic carbocycles. The highest BCUT2D eigenvalue weighted by molar-refractivity contribution is 7.14. The van der Waals surface area contributed by atoms with Crippen LogP contribution in [-0.2, 0) is 0 Å². The van der Waals surface area contributed by atoms with Crippen LogP contribution in [0.15, 0.2) is 42.5 Å². The normalized spacial score (nSPS) is 19.0. The van der Waals surface area contributed by atoms with E-state index < -0.39 is 0 Å². The zero-order chi connectivity index (χ0) is 16.3. The molecular weight excluding hydrogens is 316 g/mol. The third-order valence-electron chi connectivity index (χ3n) is 5.30. The van der Waals surface area contributed by atoms with Crippen molar-refractivity contribution in [2.45, 2.75) is 12.3 Å². The number of ether oxygens (including phenoxy) is 1.